The van der Waals surface area contributed by atoms with E-state index in [1.807, 2.05) is 6.20 Å². The summed E-state index contributed by atoms with van der Waals surface area (Å²) in [6.07, 6.45) is 5.90. The van der Waals surface area contributed by atoms with Crippen LogP contribution >= 0.6 is 15.9 Å². The lowest BCUT2D eigenvalue weighted by Crippen LogP contribution is -2.38. The highest BCUT2D eigenvalue weighted by Gasteiger charge is 2.32. The molecule has 0 bridgehead atoms. The number of piperidine rings is 1. The van der Waals surface area contributed by atoms with Crippen molar-refractivity contribution in [3.63, 3.8) is 0 Å². The van der Waals surface area contributed by atoms with Crippen LogP contribution in [0.1, 0.15) is 25.5 Å². The van der Waals surface area contributed by atoms with E-state index in [-0.39, 0.29) is 11.2 Å². The van der Waals surface area contributed by atoms with Gasteiger partial charge in [-0.25, -0.2) is 9.37 Å². The predicted molar refractivity (Wildman–Crippen MR) is 80.7 cm³/mol. The molecule has 1 saturated heterocycles. The summed E-state index contributed by atoms with van der Waals surface area (Å²) in [5.41, 5.74) is 2.22. The number of nitrogens with zero attached hydrogens (tertiary/aromatic N) is 2. The largest absolute Gasteiger partial charge is 0.317 e. The Hall–Kier alpha value is -1.20. The molecule has 1 aliphatic rings. The average Bonchev–Trinajstić information content (AvgIpc) is 2.89. The number of imidazole rings is 1. The molecule has 5 heteroatoms. The Morgan fingerprint density at radius 3 is 2.80 bits per heavy atom. The zero-order valence-electron chi connectivity index (χ0n) is 11.4. The molecule has 0 aliphatic carbocycles. The Morgan fingerprint density at radius 1 is 1.35 bits per heavy atom. The van der Waals surface area contributed by atoms with Gasteiger partial charge in [0.15, 0.2) is 0 Å². The molecule has 1 N–H and O–H groups in total. The lowest BCUT2D eigenvalue weighted by molar-refractivity contribution is 0.324. The summed E-state index contributed by atoms with van der Waals surface area (Å²) in [5, 5.41) is 3.39. The fourth-order valence-corrected chi connectivity index (χ4v) is 3.39. The third-order valence-corrected chi connectivity index (χ3v) is 4.77. The van der Waals surface area contributed by atoms with Gasteiger partial charge in [-0.05, 0) is 60.1 Å². The molecule has 0 amide bonds. The van der Waals surface area contributed by atoms with Crippen LogP contribution < -0.4 is 5.32 Å². The highest BCUT2D eigenvalue weighted by atomic mass is 79.9. The molecule has 1 fully saturated rings. The summed E-state index contributed by atoms with van der Waals surface area (Å²) in [5.74, 6) is -0.240. The number of hydrogen-bond acceptors (Lipinski definition) is 2. The number of benzene rings is 1. The van der Waals surface area contributed by atoms with Gasteiger partial charge in [-0.3, -0.25) is 0 Å². The minimum atomic E-state index is -0.240. The molecule has 0 spiro atoms. The van der Waals surface area contributed by atoms with Crippen molar-refractivity contribution in [1.29, 1.82) is 0 Å². The molecule has 1 aromatic carbocycles. The van der Waals surface area contributed by atoms with Crippen molar-refractivity contribution < 1.29 is 4.39 Å². The van der Waals surface area contributed by atoms with Crippen molar-refractivity contribution >= 4 is 15.9 Å². The molecule has 20 heavy (non-hydrogen) atoms. The molecular weight excluding hydrogens is 321 g/mol. The monoisotopic (exact) mass is 337 g/mol. The summed E-state index contributed by atoms with van der Waals surface area (Å²) in [6.45, 7) is 4.32. The SMILES string of the molecule is CC1(c2cncn2-c2ccc(F)cc2Br)CCNCC1. The molecule has 0 saturated carbocycles. The van der Waals surface area contributed by atoms with Gasteiger partial charge in [0.2, 0.25) is 0 Å². The van der Waals surface area contributed by atoms with Gasteiger partial charge in [-0.1, -0.05) is 6.92 Å². The van der Waals surface area contributed by atoms with Crippen LogP contribution in [-0.4, -0.2) is 22.6 Å². The number of halogens is 2. The van der Waals surface area contributed by atoms with Crippen molar-refractivity contribution in [1.82, 2.24) is 14.9 Å². The van der Waals surface area contributed by atoms with Gasteiger partial charge in [0.1, 0.15) is 5.82 Å². The van der Waals surface area contributed by atoms with Crippen molar-refractivity contribution in [2.75, 3.05) is 13.1 Å². The van der Waals surface area contributed by atoms with Crippen LogP contribution in [0.2, 0.25) is 0 Å². The van der Waals surface area contributed by atoms with Crippen molar-refractivity contribution in [3.8, 4) is 5.69 Å². The first kappa shape index (κ1) is 13.8. The highest BCUT2D eigenvalue weighted by Crippen LogP contribution is 2.35. The number of rotatable bonds is 2. The van der Waals surface area contributed by atoms with Crippen LogP contribution in [0.4, 0.5) is 4.39 Å². The second-order valence-electron chi connectivity index (χ2n) is 5.56. The lowest BCUT2D eigenvalue weighted by Gasteiger charge is -2.34. The minimum absolute atomic E-state index is 0.107. The number of aromatic nitrogens is 2. The summed E-state index contributed by atoms with van der Waals surface area (Å²) >= 11 is 3.44. The smallest absolute Gasteiger partial charge is 0.124 e. The molecule has 0 radical (unpaired) electrons. The fourth-order valence-electron chi connectivity index (χ4n) is 2.84. The summed E-state index contributed by atoms with van der Waals surface area (Å²) in [6, 6.07) is 4.76. The Bertz CT molecular complexity index is 617. The van der Waals surface area contributed by atoms with Gasteiger partial charge in [-0.15, -0.1) is 0 Å². The first-order valence-electron chi connectivity index (χ1n) is 6.79. The first-order chi connectivity index (χ1) is 9.60. The maximum atomic E-state index is 13.3. The second-order valence-corrected chi connectivity index (χ2v) is 6.41. The van der Waals surface area contributed by atoms with E-state index in [1.54, 1.807) is 12.4 Å². The van der Waals surface area contributed by atoms with Crippen molar-refractivity contribution in [2.45, 2.75) is 25.2 Å². The van der Waals surface area contributed by atoms with E-state index in [9.17, 15) is 4.39 Å². The van der Waals surface area contributed by atoms with Crippen LogP contribution in [0.25, 0.3) is 5.69 Å². The topological polar surface area (TPSA) is 29.9 Å². The maximum absolute atomic E-state index is 13.3. The minimum Gasteiger partial charge on any atom is -0.317 e. The van der Waals surface area contributed by atoms with Gasteiger partial charge in [0.25, 0.3) is 0 Å². The second kappa shape index (κ2) is 5.30. The van der Waals surface area contributed by atoms with Gasteiger partial charge < -0.3 is 9.88 Å². The Balaban J connectivity index is 2.05. The van der Waals surface area contributed by atoms with Crippen LogP contribution in [0.3, 0.4) is 0 Å². The third kappa shape index (κ3) is 2.40. The van der Waals surface area contributed by atoms with Gasteiger partial charge in [0.05, 0.1) is 12.0 Å². The maximum Gasteiger partial charge on any atom is 0.124 e. The van der Waals surface area contributed by atoms with E-state index in [0.29, 0.717) is 0 Å². The van der Waals surface area contributed by atoms with Crippen molar-refractivity contribution in [2.24, 2.45) is 0 Å². The number of hydrogen-bond donors (Lipinski definition) is 1. The molecule has 1 aliphatic heterocycles. The lowest BCUT2D eigenvalue weighted by atomic mass is 9.78. The summed E-state index contributed by atoms with van der Waals surface area (Å²) < 4.78 is 16.1. The van der Waals surface area contributed by atoms with E-state index in [4.69, 9.17) is 0 Å². The van der Waals surface area contributed by atoms with Crippen LogP contribution in [0.5, 0.6) is 0 Å². The average molecular weight is 338 g/mol. The Morgan fingerprint density at radius 2 is 2.10 bits per heavy atom. The number of nitrogens with one attached hydrogen (secondary N) is 1. The molecule has 0 unspecified atom stereocenters. The van der Waals surface area contributed by atoms with Crippen LogP contribution in [0.15, 0.2) is 35.2 Å². The zero-order chi connectivity index (χ0) is 14.2. The molecule has 2 aromatic rings. The van der Waals surface area contributed by atoms with Crippen LogP contribution in [0, 0.1) is 5.82 Å². The fraction of sp³-hybridized carbons (Fsp3) is 0.400. The third-order valence-electron chi connectivity index (χ3n) is 4.13. The molecule has 106 valence electrons. The standard InChI is InChI=1S/C15H17BrFN3/c1-15(4-6-18-7-5-15)14-9-19-10-20(14)13-3-2-11(17)8-12(13)16/h2-3,8-10,18H,4-7H2,1H3. The summed E-state index contributed by atoms with van der Waals surface area (Å²) in [4.78, 5) is 4.31. The quantitative estimate of drug-likeness (QED) is 0.909. The predicted octanol–water partition coefficient (Wildman–Crippen LogP) is 3.42. The van der Waals surface area contributed by atoms with Gasteiger partial charge in [-0.2, -0.15) is 0 Å². The van der Waals surface area contributed by atoms with Crippen LogP contribution in [-0.2, 0) is 5.41 Å². The Kier molecular flexibility index (Phi) is 3.65. The van der Waals surface area contributed by atoms with Crippen molar-refractivity contribution in [3.05, 3.63) is 46.7 Å². The van der Waals surface area contributed by atoms with Gasteiger partial charge >= 0.3 is 0 Å². The molecule has 0 atom stereocenters. The first-order valence-corrected chi connectivity index (χ1v) is 7.58. The zero-order valence-corrected chi connectivity index (χ0v) is 13.0. The van der Waals surface area contributed by atoms with E-state index >= 15 is 0 Å². The molecule has 3 rings (SSSR count). The summed E-state index contributed by atoms with van der Waals surface area (Å²) in [7, 11) is 0. The molecular formula is C15H17BrFN3. The van der Waals surface area contributed by atoms with Gasteiger partial charge in [0, 0.05) is 21.8 Å². The van der Waals surface area contributed by atoms with E-state index < -0.39 is 0 Å². The van der Waals surface area contributed by atoms with E-state index in [0.717, 1.165) is 36.1 Å². The highest BCUT2D eigenvalue weighted by molar-refractivity contribution is 9.10. The van der Waals surface area contributed by atoms with E-state index in [2.05, 4.69) is 37.7 Å². The van der Waals surface area contributed by atoms with E-state index in [1.165, 1.54) is 17.8 Å². The Labute approximate surface area is 126 Å². The molecule has 1 aromatic heterocycles. The molecule has 2 heterocycles. The molecule has 3 nitrogen and oxygen atoms in total. The normalized spacial score (nSPS) is 18.1.